The third-order valence-electron chi connectivity index (χ3n) is 3.32. The molecule has 0 saturated carbocycles. The number of fused-ring (bicyclic) bond motifs is 1. The summed E-state index contributed by atoms with van der Waals surface area (Å²) in [7, 11) is 0. The van der Waals surface area contributed by atoms with Gasteiger partial charge in [-0.15, -0.1) is 0 Å². The molecule has 1 heterocycles. The van der Waals surface area contributed by atoms with Gasteiger partial charge in [0.05, 0.1) is 22.8 Å². The van der Waals surface area contributed by atoms with Crippen LogP contribution in [0.2, 0.25) is 0 Å². The number of para-hydroxylation sites is 2. The Balaban J connectivity index is 2.13. The van der Waals surface area contributed by atoms with E-state index in [1.165, 1.54) is 0 Å². The normalized spacial score (nSPS) is 14.7. The molecule has 2 aromatic rings. The first-order valence-electron chi connectivity index (χ1n) is 6.17. The number of rotatable bonds is 4. The van der Waals surface area contributed by atoms with Gasteiger partial charge in [-0.2, -0.15) is 0 Å². The lowest BCUT2D eigenvalue weighted by Crippen LogP contribution is -2.38. The standard InChI is InChI=1S/C14H19N3O/c1-10(2)14(3,18)9-16-13-8-15-11-6-4-5-7-12(11)17-13/h4-8,10,18H,9H2,1-3H3,(H,16,17). The van der Waals surface area contributed by atoms with Crippen molar-refractivity contribution >= 4 is 16.9 Å². The van der Waals surface area contributed by atoms with E-state index in [1.807, 2.05) is 45.0 Å². The van der Waals surface area contributed by atoms with Gasteiger partial charge in [-0.05, 0) is 25.0 Å². The zero-order valence-electron chi connectivity index (χ0n) is 11.0. The van der Waals surface area contributed by atoms with E-state index in [1.54, 1.807) is 6.20 Å². The van der Waals surface area contributed by atoms with Crippen LogP contribution < -0.4 is 5.32 Å². The number of hydrogen-bond acceptors (Lipinski definition) is 4. The van der Waals surface area contributed by atoms with E-state index in [2.05, 4.69) is 15.3 Å². The molecule has 0 amide bonds. The molecule has 0 aliphatic rings. The summed E-state index contributed by atoms with van der Waals surface area (Å²) < 4.78 is 0. The minimum Gasteiger partial charge on any atom is -0.388 e. The Hall–Kier alpha value is -1.68. The van der Waals surface area contributed by atoms with Crippen molar-refractivity contribution < 1.29 is 5.11 Å². The first-order chi connectivity index (χ1) is 8.49. The second-order valence-electron chi connectivity index (χ2n) is 5.11. The Bertz CT molecular complexity index is 537. The van der Waals surface area contributed by atoms with Crippen LogP contribution in [-0.2, 0) is 0 Å². The summed E-state index contributed by atoms with van der Waals surface area (Å²) in [6.07, 6.45) is 1.69. The number of aromatic nitrogens is 2. The van der Waals surface area contributed by atoms with Gasteiger partial charge >= 0.3 is 0 Å². The zero-order valence-corrected chi connectivity index (χ0v) is 11.0. The van der Waals surface area contributed by atoms with E-state index in [0.717, 1.165) is 11.0 Å². The summed E-state index contributed by atoms with van der Waals surface area (Å²) in [5.74, 6) is 0.869. The van der Waals surface area contributed by atoms with Gasteiger partial charge in [0.25, 0.3) is 0 Å². The highest BCUT2D eigenvalue weighted by molar-refractivity contribution is 5.75. The smallest absolute Gasteiger partial charge is 0.145 e. The predicted molar refractivity (Wildman–Crippen MR) is 73.5 cm³/mol. The zero-order chi connectivity index (χ0) is 13.2. The van der Waals surface area contributed by atoms with Gasteiger partial charge in [-0.25, -0.2) is 4.98 Å². The molecule has 4 heteroatoms. The van der Waals surface area contributed by atoms with Crippen LogP contribution in [0.1, 0.15) is 20.8 Å². The summed E-state index contributed by atoms with van der Waals surface area (Å²) in [5.41, 5.74) is 0.971. The highest BCUT2D eigenvalue weighted by Gasteiger charge is 2.24. The van der Waals surface area contributed by atoms with Crippen molar-refractivity contribution in [3.63, 3.8) is 0 Å². The highest BCUT2D eigenvalue weighted by atomic mass is 16.3. The maximum atomic E-state index is 10.2. The lowest BCUT2D eigenvalue weighted by Gasteiger charge is -2.27. The molecule has 0 bridgehead atoms. The lowest BCUT2D eigenvalue weighted by molar-refractivity contribution is 0.0265. The SMILES string of the molecule is CC(C)C(C)(O)CNc1cnc2ccccc2n1. The molecule has 0 aliphatic carbocycles. The van der Waals surface area contributed by atoms with E-state index >= 15 is 0 Å². The molecule has 4 nitrogen and oxygen atoms in total. The quantitative estimate of drug-likeness (QED) is 0.868. The fourth-order valence-corrected chi connectivity index (χ4v) is 1.52. The van der Waals surface area contributed by atoms with Gasteiger partial charge in [0, 0.05) is 6.54 Å². The number of aliphatic hydroxyl groups is 1. The summed E-state index contributed by atoms with van der Waals surface area (Å²) in [5, 5.41) is 13.3. The fraction of sp³-hybridized carbons (Fsp3) is 0.429. The fourth-order valence-electron chi connectivity index (χ4n) is 1.52. The molecular formula is C14H19N3O. The van der Waals surface area contributed by atoms with Gasteiger partial charge < -0.3 is 10.4 Å². The van der Waals surface area contributed by atoms with Crippen LogP contribution in [-0.4, -0.2) is 27.2 Å². The van der Waals surface area contributed by atoms with Crippen LogP contribution in [0.3, 0.4) is 0 Å². The van der Waals surface area contributed by atoms with Crippen LogP contribution in [0.4, 0.5) is 5.82 Å². The maximum absolute atomic E-state index is 10.2. The maximum Gasteiger partial charge on any atom is 0.145 e. The van der Waals surface area contributed by atoms with Crippen molar-refractivity contribution in [3.8, 4) is 0 Å². The predicted octanol–water partition coefficient (Wildman–Crippen LogP) is 2.45. The average molecular weight is 245 g/mol. The minimum atomic E-state index is -0.757. The number of benzene rings is 1. The molecule has 1 atom stereocenters. The van der Waals surface area contributed by atoms with Gasteiger partial charge in [0.2, 0.25) is 0 Å². The van der Waals surface area contributed by atoms with Crippen molar-refractivity contribution in [2.24, 2.45) is 5.92 Å². The molecule has 0 aliphatic heterocycles. The van der Waals surface area contributed by atoms with Crippen LogP contribution in [0, 0.1) is 5.92 Å². The molecular weight excluding hydrogens is 226 g/mol. The molecule has 2 N–H and O–H groups in total. The molecule has 1 aromatic heterocycles. The Morgan fingerprint density at radius 3 is 2.61 bits per heavy atom. The molecule has 0 fully saturated rings. The number of nitrogens with zero attached hydrogens (tertiary/aromatic N) is 2. The number of hydrogen-bond donors (Lipinski definition) is 2. The van der Waals surface area contributed by atoms with Crippen LogP contribution in [0.15, 0.2) is 30.5 Å². The molecule has 18 heavy (non-hydrogen) atoms. The number of anilines is 1. The molecule has 1 aromatic carbocycles. The monoisotopic (exact) mass is 245 g/mol. The van der Waals surface area contributed by atoms with Crippen LogP contribution >= 0.6 is 0 Å². The second kappa shape index (κ2) is 4.90. The molecule has 0 radical (unpaired) electrons. The summed E-state index contributed by atoms with van der Waals surface area (Å²) >= 11 is 0. The van der Waals surface area contributed by atoms with E-state index in [0.29, 0.717) is 12.4 Å². The van der Waals surface area contributed by atoms with E-state index < -0.39 is 5.60 Å². The Kier molecular flexibility index (Phi) is 3.48. The average Bonchev–Trinajstić information content (AvgIpc) is 2.36. The van der Waals surface area contributed by atoms with Gasteiger partial charge in [-0.3, -0.25) is 4.98 Å². The van der Waals surface area contributed by atoms with E-state index in [9.17, 15) is 5.11 Å². The lowest BCUT2D eigenvalue weighted by atomic mass is 9.93. The largest absolute Gasteiger partial charge is 0.388 e. The summed E-state index contributed by atoms with van der Waals surface area (Å²) in [6.45, 7) is 6.26. The molecule has 1 unspecified atom stereocenters. The third kappa shape index (κ3) is 2.76. The van der Waals surface area contributed by atoms with Crippen LogP contribution in [0.5, 0.6) is 0 Å². The molecule has 0 saturated heterocycles. The minimum absolute atomic E-state index is 0.179. The first kappa shape index (κ1) is 12.8. The van der Waals surface area contributed by atoms with E-state index in [-0.39, 0.29) is 5.92 Å². The Labute approximate surface area is 107 Å². The molecule has 2 rings (SSSR count). The van der Waals surface area contributed by atoms with Crippen molar-refractivity contribution in [3.05, 3.63) is 30.5 Å². The van der Waals surface area contributed by atoms with E-state index in [4.69, 9.17) is 0 Å². The Morgan fingerprint density at radius 2 is 1.94 bits per heavy atom. The molecule has 96 valence electrons. The Morgan fingerprint density at radius 1 is 1.28 bits per heavy atom. The summed E-state index contributed by atoms with van der Waals surface area (Å²) in [4.78, 5) is 8.77. The highest BCUT2D eigenvalue weighted by Crippen LogP contribution is 2.17. The first-order valence-corrected chi connectivity index (χ1v) is 6.17. The van der Waals surface area contributed by atoms with Gasteiger partial charge in [0.15, 0.2) is 0 Å². The third-order valence-corrected chi connectivity index (χ3v) is 3.32. The van der Waals surface area contributed by atoms with Crippen molar-refractivity contribution in [2.45, 2.75) is 26.4 Å². The second-order valence-corrected chi connectivity index (χ2v) is 5.11. The van der Waals surface area contributed by atoms with Crippen molar-refractivity contribution in [1.82, 2.24) is 9.97 Å². The topological polar surface area (TPSA) is 58.0 Å². The van der Waals surface area contributed by atoms with Crippen molar-refractivity contribution in [2.75, 3.05) is 11.9 Å². The van der Waals surface area contributed by atoms with Crippen molar-refractivity contribution in [1.29, 1.82) is 0 Å². The molecule has 0 spiro atoms. The summed E-state index contributed by atoms with van der Waals surface area (Å²) in [6, 6.07) is 7.73. The number of nitrogens with one attached hydrogen (secondary N) is 1. The van der Waals surface area contributed by atoms with Crippen LogP contribution in [0.25, 0.3) is 11.0 Å². The van der Waals surface area contributed by atoms with Gasteiger partial charge in [-0.1, -0.05) is 26.0 Å². The van der Waals surface area contributed by atoms with Gasteiger partial charge in [0.1, 0.15) is 5.82 Å².